The van der Waals surface area contributed by atoms with Crippen molar-refractivity contribution in [2.45, 2.75) is 25.3 Å². The third-order valence-corrected chi connectivity index (χ3v) is 3.99. The van der Waals surface area contributed by atoms with E-state index in [0.29, 0.717) is 6.42 Å². The fraction of sp³-hybridized carbons (Fsp3) is 0.562. The Bertz CT molecular complexity index is 402. The van der Waals surface area contributed by atoms with Crippen LogP contribution in [0.2, 0.25) is 0 Å². The van der Waals surface area contributed by atoms with Crippen LogP contribution in [-0.2, 0) is 0 Å². The number of likely N-dealkylation sites (tertiary alicyclic amines) is 1. The predicted octanol–water partition coefficient (Wildman–Crippen LogP) is 2.57. The van der Waals surface area contributed by atoms with Crippen LogP contribution in [0.1, 0.15) is 30.9 Å². The van der Waals surface area contributed by atoms with E-state index in [4.69, 9.17) is 5.26 Å². The molecule has 0 aromatic heterocycles. The molecular formula is C16H23N3. The second-order valence-electron chi connectivity index (χ2n) is 5.48. The summed E-state index contributed by atoms with van der Waals surface area (Å²) in [6, 6.07) is 12.8. The van der Waals surface area contributed by atoms with Gasteiger partial charge < -0.3 is 10.2 Å². The number of nitrogens with one attached hydrogen (secondary N) is 1. The van der Waals surface area contributed by atoms with E-state index in [1.54, 1.807) is 0 Å². The Balaban J connectivity index is 1.86. The van der Waals surface area contributed by atoms with Gasteiger partial charge in [0.25, 0.3) is 0 Å². The Labute approximate surface area is 116 Å². The minimum atomic E-state index is 0.172. The van der Waals surface area contributed by atoms with Crippen molar-refractivity contribution in [2.24, 2.45) is 5.92 Å². The molecule has 3 nitrogen and oxygen atoms in total. The highest BCUT2D eigenvalue weighted by Gasteiger charge is 2.18. The van der Waals surface area contributed by atoms with Gasteiger partial charge in [-0.25, -0.2) is 0 Å². The van der Waals surface area contributed by atoms with E-state index < -0.39 is 0 Å². The molecule has 1 aromatic carbocycles. The first-order valence-electron chi connectivity index (χ1n) is 7.13. The third kappa shape index (κ3) is 4.34. The minimum Gasteiger partial charge on any atom is -0.309 e. The van der Waals surface area contributed by atoms with Gasteiger partial charge in [0.1, 0.15) is 0 Å². The van der Waals surface area contributed by atoms with Gasteiger partial charge in [0.15, 0.2) is 0 Å². The highest BCUT2D eigenvalue weighted by Crippen LogP contribution is 2.19. The van der Waals surface area contributed by atoms with Crippen molar-refractivity contribution in [3.05, 3.63) is 35.9 Å². The molecule has 1 aromatic rings. The zero-order valence-corrected chi connectivity index (χ0v) is 11.7. The number of hydrogen-bond acceptors (Lipinski definition) is 3. The summed E-state index contributed by atoms with van der Waals surface area (Å²) in [6.07, 6.45) is 3.06. The molecule has 0 saturated carbocycles. The molecule has 0 spiro atoms. The zero-order chi connectivity index (χ0) is 13.5. The van der Waals surface area contributed by atoms with E-state index in [1.807, 2.05) is 18.2 Å². The molecule has 0 amide bonds. The number of rotatable bonds is 5. The van der Waals surface area contributed by atoms with Crippen molar-refractivity contribution in [1.82, 2.24) is 10.2 Å². The van der Waals surface area contributed by atoms with E-state index in [2.05, 4.69) is 35.5 Å². The summed E-state index contributed by atoms with van der Waals surface area (Å²) in [6.45, 7) is 3.41. The zero-order valence-electron chi connectivity index (χ0n) is 11.7. The smallest absolute Gasteiger partial charge is 0.0641 e. The van der Waals surface area contributed by atoms with Crippen LogP contribution in [0.5, 0.6) is 0 Å². The lowest BCUT2D eigenvalue weighted by Crippen LogP contribution is -2.36. The summed E-state index contributed by atoms with van der Waals surface area (Å²) in [5, 5.41) is 12.6. The molecule has 1 heterocycles. The van der Waals surface area contributed by atoms with E-state index in [1.165, 1.54) is 31.5 Å². The average molecular weight is 257 g/mol. The van der Waals surface area contributed by atoms with Crippen LogP contribution in [0.25, 0.3) is 0 Å². The van der Waals surface area contributed by atoms with Gasteiger partial charge in [-0.15, -0.1) is 0 Å². The first kappa shape index (κ1) is 14.0. The summed E-state index contributed by atoms with van der Waals surface area (Å²) in [5.41, 5.74) is 1.22. The molecule has 3 heteroatoms. The van der Waals surface area contributed by atoms with E-state index in [-0.39, 0.29) is 6.04 Å². The summed E-state index contributed by atoms with van der Waals surface area (Å²) in [4.78, 5) is 2.39. The van der Waals surface area contributed by atoms with Gasteiger partial charge in [0.05, 0.1) is 12.5 Å². The van der Waals surface area contributed by atoms with Crippen molar-refractivity contribution >= 4 is 0 Å². The number of nitrogens with zero attached hydrogens (tertiary/aromatic N) is 2. The van der Waals surface area contributed by atoms with Gasteiger partial charge in [-0.3, -0.25) is 0 Å². The van der Waals surface area contributed by atoms with Crippen LogP contribution in [0.4, 0.5) is 0 Å². The molecule has 0 bridgehead atoms. The molecule has 2 rings (SSSR count). The average Bonchev–Trinajstić information content (AvgIpc) is 2.46. The van der Waals surface area contributed by atoms with E-state index >= 15 is 0 Å². The fourth-order valence-electron chi connectivity index (χ4n) is 2.66. The molecule has 0 radical (unpaired) electrons. The highest BCUT2D eigenvalue weighted by atomic mass is 15.1. The Hall–Kier alpha value is -1.37. The van der Waals surface area contributed by atoms with Gasteiger partial charge in [-0.1, -0.05) is 30.3 Å². The van der Waals surface area contributed by atoms with Gasteiger partial charge in [0.2, 0.25) is 0 Å². The summed E-state index contributed by atoms with van der Waals surface area (Å²) >= 11 is 0. The maximum Gasteiger partial charge on any atom is 0.0641 e. The molecule has 1 fully saturated rings. The summed E-state index contributed by atoms with van der Waals surface area (Å²) < 4.78 is 0. The molecular weight excluding hydrogens is 234 g/mol. The number of benzene rings is 1. The van der Waals surface area contributed by atoms with Crippen LogP contribution in [0.3, 0.4) is 0 Å². The molecule has 102 valence electrons. The SMILES string of the molecule is CN1CCC(CNC(CC#N)c2ccccc2)CC1. The molecule has 1 atom stereocenters. The quantitative estimate of drug-likeness (QED) is 0.881. The minimum absolute atomic E-state index is 0.172. The normalized spacial score (nSPS) is 18.9. The maximum atomic E-state index is 8.97. The van der Waals surface area contributed by atoms with Crippen molar-refractivity contribution in [2.75, 3.05) is 26.7 Å². The number of piperidine rings is 1. The molecule has 1 saturated heterocycles. The lowest BCUT2D eigenvalue weighted by molar-refractivity contribution is 0.212. The molecule has 0 aliphatic carbocycles. The van der Waals surface area contributed by atoms with Crippen LogP contribution < -0.4 is 5.32 Å². The molecule has 1 aliphatic rings. The largest absolute Gasteiger partial charge is 0.309 e. The molecule has 1 unspecified atom stereocenters. The number of nitriles is 1. The Morgan fingerprint density at radius 1 is 1.32 bits per heavy atom. The Morgan fingerprint density at radius 2 is 2.00 bits per heavy atom. The second kappa shape index (κ2) is 7.28. The predicted molar refractivity (Wildman–Crippen MR) is 77.6 cm³/mol. The first-order valence-corrected chi connectivity index (χ1v) is 7.13. The monoisotopic (exact) mass is 257 g/mol. The van der Waals surface area contributed by atoms with Crippen molar-refractivity contribution in [1.29, 1.82) is 5.26 Å². The molecule has 1 N–H and O–H groups in total. The highest BCUT2D eigenvalue weighted by molar-refractivity contribution is 5.19. The fourth-order valence-corrected chi connectivity index (χ4v) is 2.66. The van der Waals surface area contributed by atoms with Gasteiger partial charge in [0, 0.05) is 6.04 Å². The van der Waals surface area contributed by atoms with Crippen molar-refractivity contribution in [3.63, 3.8) is 0 Å². The Morgan fingerprint density at radius 3 is 2.63 bits per heavy atom. The summed E-state index contributed by atoms with van der Waals surface area (Å²) in [5.74, 6) is 0.751. The van der Waals surface area contributed by atoms with Crippen LogP contribution in [0, 0.1) is 17.2 Å². The topological polar surface area (TPSA) is 39.1 Å². The Kier molecular flexibility index (Phi) is 5.38. The standard InChI is InChI=1S/C16H23N3/c1-19-11-8-14(9-12-19)13-18-16(7-10-17)15-5-3-2-4-6-15/h2-6,14,16,18H,7-9,11-13H2,1H3. The van der Waals surface area contributed by atoms with Gasteiger partial charge >= 0.3 is 0 Å². The van der Waals surface area contributed by atoms with Crippen molar-refractivity contribution in [3.8, 4) is 6.07 Å². The van der Waals surface area contributed by atoms with E-state index in [9.17, 15) is 0 Å². The van der Waals surface area contributed by atoms with Gasteiger partial charge in [-0.2, -0.15) is 5.26 Å². The van der Waals surface area contributed by atoms with Crippen LogP contribution in [-0.4, -0.2) is 31.6 Å². The number of hydrogen-bond donors (Lipinski definition) is 1. The third-order valence-electron chi connectivity index (χ3n) is 3.99. The lowest BCUT2D eigenvalue weighted by Gasteiger charge is -2.30. The van der Waals surface area contributed by atoms with E-state index in [0.717, 1.165) is 12.5 Å². The first-order chi connectivity index (χ1) is 9.29. The van der Waals surface area contributed by atoms with Crippen LogP contribution >= 0.6 is 0 Å². The van der Waals surface area contributed by atoms with Crippen LogP contribution in [0.15, 0.2) is 30.3 Å². The second-order valence-corrected chi connectivity index (χ2v) is 5.48. The van der Waals surface area contributed by atoms with Gasteiger partial charge in [-0.05, 0) is 51.0 Å². The lowest BCUT2D eigenvalue weighted by atomic mass is 9.96. The van der Waals surface area contributed by atoms with Crippen molar-refractivity contribution < 1.29 is 0 Å². The molecule has 19 heavy (non-hydrogen) atoms. The molecule has 1 aliphatic heterocycles. The summed E-state index contributed by atoms with van der Waals surface area (Å²) in [7, 11) is 2.19. The maximum absolute atomic E-state index is 8.97.